The minimum absolute atomic E-state index is 0.971. The maximum Gasteiger partial charge on any atom is 0.134 e. The van der Waals surface area contributed by atoms with Crippen LogP contribution >= 0.6 is 0 Å². The zero-order valence-electron chi connectivity index (χ0n) is 21.5. The van der Waals surface area contributed by atoms with Crippen molar-refractivity contribution in [2.45, 2.75) is 12.8 Å². The Balaban J connectivity index is 1.38. The number of hydrogen-bond donors (Lipinski definition) is 0. The predicted octanol–water partition coefficient (Wildman–Crippen LogP) is 10.7. The van der Waals surface area contributed by atoms with Crippen molar-refractivity contribution in [1.82, 2.24) is 0 Å². The minimum Gasteiger partial charge on any atom is -0.460 e. The Labute approximate surface area is 227 Å². The monoisotopic (exact) mass is 498 g/mol. The second-order valence-electron chi connectivity index (χ2n) is 10.4. The molecule has 0 atom stereocenters. The van der Waals surface area contributed by atoms with E-state index < -0.39 is 0 Å². The molecule has 39 heavy (non-hydrogen) atoms. The Hall–Kier alpha value is -4.88. The van der Waals surface area contributed by atoms with E-state index in [4.69, 9.17) is 4.42 Å². The molecule has 0 aliphatic heterocycles. The Bertz CT molecular complexity index is 1980. The normalized spacial score (nSPS) is 12.8. The number of fused-ring (bicyclic) bond motifs is 5. The summed E-state index contributed by atoms with van der Waals surface area (Å²) >= 11 is 0. The highest BCUT2D eigenvalue weighted by molar-refractivity contribution is 6.21. The summed E-state index contributed by atoms with van der Waals surface area (Å²) in [6.07, 6.45) is 6.50. The third kappa shape index (κ3) is 3.55. The van der Waals surface area contributed by atoms with Gasteiger partial charge in [-0.2, -0.15) is 0 Å². The SMILES string of the molecule is C1=Cc2c(oc3ccc(-c4c5ccccc5c(-c5ccc(-c6ccccc6)cc5)c5ccccc45)cc23)CC1. The van der Waals surface area contributed by atoms with Crippen LogP contribution in [0.5, 0.6) is 0 Å². The van der Waals surface area contributed by atoms with Gasteiger partial charge in [0.1, 0.15) is 11.3 Å². The molecule has 1 heteroatoms. The van der Waals surface area contributed by atoms with Crippen LogP contribution in [0, 0.1) is 0 Å². The highest BCUT2D eigenvalue weighted by Crippen LogP contribution is 2.45. The summed E-state index contributed by atoms with van der Waals surface area (Å²) in [7, 11) is 0. The highest BCUT2D eigenvalue weighted by Gasteiger charge is 2.19. The molecule has 0 saturated carbocycles. The van der Waals surface area contributed by atoms with E-state index in [0.29, 0.717) is 0 Å². The standard InChI is InChI=1S/C38H26O/c1-2-10-25(11-3-1)26-18-20-27(21-19-26)37-30-13-4-6-15-32(30)38(33-16-7-5-14-31(33)37)28-22-23-36-34(24-28)29-12-8-9-17-35(29)39-36/h1-8,10-16,18-24H,9,17H2. The first-order valence-electron chi connectivity index (χ1n) is 13.7. The van der Waals surface area contributed by atoms with Gasteiger partial charge in [-0.05, 0) is 73.5 Å². The Morgan fingerprint density at radius 3 is 1.67 bits per heavy atom. The van der Waals surface area contributed by atoms with Crippen molar-refractivity contribution in [1.29, 1.82) is 0 Å². The van der Waals surface area contributed by atoms with Crippen LogP contribution in [0.25, 0.3) is 72.0 Å². The van der Waals surface area contributed by atoms with E-state index >= 15 is 0 Å². The summed E-state index contributed by atoms with van der Waals surface area (Å²) in [6.45, 7) is 0. The first kappa shape index (κ1) is 22.1. The summed E-state index contributed by atoms with van der Waals surface area (Å²) in [5, 5.41) is 6.28. The molecule has 184 valence electrons. The number of benzene rings is 6. The molecule has 0 radical (unpaired) electrons. The fraction of sp³-hybridized carbons (Fsp3) is 0.0526. The van der Waals surface area contributed by atoms with Crippen molar-refractivity contribution in [3.63, 3.8) is 0 Å². The zero-order valence-corrected chi connectivity index (χ0v) is 21.5. The lowest BCUT2D eigenvalue weighted by atomic mass is 9.85. The average molecular weight is 499 g/mol. The number of furan rings is 1. The van der Waals surface area contributed by atoms with Gasteiger partial charge in [-0.1, -0.05) is 121 Å². The van der Waals surface area contributed by atoms with Crippen LogP contribution in [0.3, 0.4) is 0 Å². The lowest BCUT2D eigenvalue weighted by molar-refractivity contribution is 0.546. The van der Waals surface area contributed by atoms with Gasteiger partial charge >= 0.3 is 0 Å². The summed E-state index contributed by atoms with van der Waals surface area (Å²) in [5.74, 6) is 1.11. The van der Waals surface area contributed by atoms with E-state index in [9.17, 15) is 0 Å². The second-order valence-corrected chi connectivity index (χ2v) is 10.4. The molecule has 1 nitrogen and oxygen atoms in total. The van der Waals surface area contributed by atoms with Crippen LogP contribution in [-0.4, -0.2) is 0 Å². The second kappa shape index (κ2) is 8.85. The first-order chi connectivity index (χ1) is 19.3. The van der Waals surface area contributed by atoms with Gasteiger partial charge in [-0.15, -0.1) is 0 Å². The number of hydrogen-bond acceptors (Lipinski definition) is 1. The van der Waals surface area contributed by atoms with Gasteiger partial charge in [0.15, 0.2) is 0 Å². The molecule has 1 aliphatic carbocycles. The molecule has 0 bridgehead atoms. The molecular formula is C38H26O. The van der Waals surface area contributed by atoms with Gasteiger partial charge in [0.2, 0.25) is 0 Å². The lowest BCUT2D eigenvalue weighted by Crippen LogP contribution is -1.91. The molecule has 1 aromatic heterocycles. The molecule has 0 fully saturated rings. The third-order valence-electron chi connectivity index (χ3n) is 8.13. The molecule has 0 unspecified atom stereocenters. The average Bonchev–Trinajstić information content (AvgIpc) is 3.38. The van der Waals surface area contributed by atoms with Crippen LogP contribution in [0.15, 0.2) is 132 Å². The van der Waals surface area contributed by atoms with Crippen molar-refractivity contribution in [3.05, 3.63) is 139 Å². The van der Waals surface area contributed by atoms with Crippen molar-refractivity contribution in [2.75, 3.05) is 0 Å². The Morgan fingerprint density at radius 2 is 1.00 bits per heavy atom. The van der Waals surface area contributed by atoms with Gasteiger partial charge in [0.25, 0.3) is 0 Å². The van der Waals surface area contributed by atoms with Crippen molar-refractivity contribution in [2.24, 2.45) is 0 Å². The Morgan fingerprint density at radius 1 is 0.462 bits per heavy atom. The van der Waals surface area contributed by atoms with Gasteiger partial charge in [-0.3, -0.25) is 0 Å². The summed E-state index contributed by atoms with van der Waals surface area (Å²) < 4.78 is 6.22. The molecular weight excluding hydrogens is 472 g/mol. The van der Waals surface area contributed by atoms with Gasteiger partial charge in [0.05, 0.1) is 0 Å². The van der Waals surface area contributed by atoms with E-state index in [0.717, 1.165) is 24.2 Å². The maximum absolute atomic E-state index is 6.22. The lowest BCUT2D eigenvalue weighted by Gasteiger charge is -2.18. The summed E-state index contributed by atoms with van der Waals surface area (Å²) in [6, 6.07) is 44.0. The third-order valence-corrected chi connectivity index (χ3v) is 8.13. The Kier molecular flexibility index (Phi) is 5.03. The van der Waals surface area contributed by atoms with E-state index in [1.807, 2.05) is 0 Å². The van der Waals surface area contributed by atoms with Crippen LogP contribution in [0.4, 0.5) is 0 Å². The van der Waals surface area contributed by atoms with Gasteiger partial charge in [0, 0.05) is 17.4 Å². The maximum atomic E-state index is 6.22. The largest absolute Gasteiger partial charge is 0.460 e. The molecule has 1 aliphatic rings. The van der Waals surface area contributed by atoms with Crippen LogP contribution in [0.2, 0.25) is 0 Å². The first-order valence-corrected chi connectivity index (χ1v) is 13.7. The van der Waals surface area contributed by atoms with E-state index in [-0.39, 0.29) is 0 Å². The molecule has 7 aromatic rings. The molecule has 0 N–H and O–H groups in total. The van der Waals surface area contributed by atoms with Crippen LogP contribution in [0.1, 0.15) is 17.7 Å². The smallest absolute Gasteiger partial charge is 0.134 e. The summed E-state index contributed by atoms with van der Waals surface area (Å²) in [5.41, 5.74) is 9.70. The van der Waals surface area contributed by atoms with Crippen molar-refractivity contribution in [3.8, 4) is 33.4 Å². The highest BCUT2D eigenvalue weighted by atomic mass is 16.3. The van der Waals surface area contributed by atoms with Gasteiger partial charge in [-0.25, -0.2) is 0 Å². The number of aryl methyl sites for hydroxylation is 1. The van der Waals surface area contributed by atoms with E-state index in [1.54, 1.807) is 0 Å². The fourth-order valence-corrected chi connectivity index (χ4v) is 6.32. The van der Waals surface area contributed by atoms with Crippen molar-refractivity contribution < 1.29 is 4.42 Å². The minimum atomic E-state index is 0.971. The summed E-state index contributed by atoms with van der Waals surface area (Å²) in [4.78, 5) is 0. The molecule has 0 spiro atoms. The molecule has 0 amide bonds. The molecule has 0 saturated heterocycles. The zero-order chi connectivity index (χ0) is 25.8. The van der Waals surface area contributed by atoms with Crippen LogP contribution in [-0.2, 0) is 6.42 Å². The number of rotatable bonds is 3. The predicted molar refractivity (Wildman–Crippen MR) is 165 cm³/mol. The van der Waals surface area contributed by atoms with Crippen LogP contribution < -0.4 is 0 Å². The molecule has 8 rings (SSSR count). The molecule has 6 aromatic carbocycles. The van der Waals surface area contributed by atoms with Crippen molar-refractivity contribution >= 4 is 38.6 Å². The van der Waals surface area contributed by atoms with Gasteiger partial charge < -0.3 is 4.42 Å². The quantitative estimate of drug-likeness (QED) is 0.221. The van der Waals surface area contributed by atoms with E-state index in [1.165, 1.54) is 65.9 Å². The topological polar surface area (TPSA) is 13.1 Å². The molecule has 1 heterocycles. The fourth-order valence-electron chi connectivity index (χ4n) is 6.32. The van der Waals surface area contributed by atoms with E-state index in [2.05, 4.69) is 133 Å². The number of allylic oxidation sites excluding steroid dienone is 1.